The van der Waals surface area contributed by atoms with E-state index in [1.165, 1.54) is 18.2 Å². The van der Waals surface area contributed by atoms with E-state index in [1.54, 1.807) is 6.20 Å². The van der Waals surface area contributed by atoms with Crippen LogP contribution in [0.25, 0.3) is 0 Å². The molecule has 0 atom stereocenters. The Morgan fingerprint density at radius 2 is 2.30 bits per heavy atom. The van der Waals surface area contributed by atoms with Gasteiger partial charge in [-0.05, 0) is 43.5 Å². The van der Waals surface area contributed by atoms with Gasteiger partial charge in [0.2, 0.25) is 0 Å². The Morgan fingerprint density at radius 1 is 1.50 bits per heavy atom. The topological polar surface area (TPSA) is 57.8 Å². The second-order valence-electron chi connectivity index (χ2n) is 4.51. The van der Waals surface area contributed by atoms with Crippen LogP contribution in [0.5, 0.6) is 0 Å². The summed E-state index contributed by atoms with van der Waals surface area (Å²) in [5, 5.41) is 9.53. The van der Waals surface area contributed by atoms with Crippen molar-refractivity contribution >= 4 is 17.5 Å². The first-order valence-corrected chi connectivity index (χ1v) is 6.68. The Hall–Kier alpha value is -1.88. The number of amides is 1. The van der Waals surface area contributed by atoms with Gasteiger partial charge in [-0.1, -0.05) is 11.6 Å². The molecule has 1 heterocycles. The summed E-state index contributed by atoms with van der Waals surface area (Å²) >= 11 is 5.64. The van der Waals surface area contributed by atoms with Crippen LogP contribution in [0.1, 0.15) is 28.0 Å². The molecule has 1 amide bonds. The van der Waals surface area contributed by atoms with Gasteiger partial charge in [-0.2, -0.15) is 5.10 Å². The maximum atomic E-state index is 13.0. The standard InChI is InChI=1S/C14H15ClFN3O/c1-9-11(8-18-19-9)3-2-6-17-14(20)10-4-5-13(16)12(15)7-10/h4-5,7-8H,2-3,6H2,1H3,(H,17,20)(H,18,19). The lowest BCUT2D eigenvalue weighted by Gasteiger charge is -2.05. The molecule has 0 saturated carbocycles. The van der Waals surface area contributed by atoms with Gasteiger partial charge in [0.15, 0.2) is 0 Å². The van der Waals surface area contributed by atoms with Crippen LogP contribution < -0.4 is 5.32 Å². The number of benzene rings is 1. The van der Waals surface area contributed by atoms with Crippen LogP contribution in [-0.2, 0) is 6.42 Å². The molecular weight excluding hydrogens is 281 g/mol. The number of nitrogens with one attached hydrogen (secondary N) is 2. The highest BCUT2D eigenvalue weighted by Crippen LogP contribution is 2.15. The molecule has 6 heteroatoms. The summed E-state index contributed by atoms with van der Waals surface area (Å²) in [5.74, 6) is -0.783. The van der Waals surface area contributed by atoms with E-state index in [2.05, 4.69) is 15.5 Å². The third kappa shape index (κ3) is 3.57. The Balaban J connectivity index is 1.80. The summed E-state index contributed by atoms with van der Waals surface area (Å²) in [5.41, 5.74) is 2.54. The average Bonchev–Trinajstić information content (AvgIpc) is 2.83. The summed E-state index contributed by atoms with van der Waals surface area (Å²) < 4.78 is 13.0. The molecule has 0 radical (unpaired) electrons. The number of rotatable bonds is 5. The number of carbonyl (C=O) groups is 1. The van der Waals surface area contributed by atoms with Gasteiger partial charge in [0.25, 0.3) is 5.91 Å². The van der Waals surface area contributed by atoms with Gasteiger partial charge in [-0.15, -0.1) is 0 Å². The lowest BCUT2D eigenvalue weighted by atomic mass is 10.1. The fourth-order valence-electron chi connectivity index (χ4n) is 1.85. The van der Waals surface area contributed by atoms with E-state index >= 15 is 0 Å². The molecule has 20 heavy (non-hydrogen) atoms. The maximum absolute atomic E-state index is 13.0. The first-order valence-electron chi connectivity index (χ1n) is 6.30. The molecule has 2 N–H and O–H groups in total. The number of H-pyrrole nitrogens is 1. The number of aromatic nitrogens is 2. The minimum Gasteiger partial charge on any atom is -0.352 e. The Morgan fingerprint density at radius 3 is 2.95 bits per heavy atom. The number of nitrogens with zero attached hydrogens (tertiary/aromatic N) is 1. The van der Waals surface area contributed by atoms with Gasteiger partial charge in [0.05, 0.1) is 11.2 Å². The Kier molecular flexibility index (Phi) is 4.74. The van der Waals surface area contributed by atoms with Crippen molar-refractivity contribution in [2.24, 2.45) is 0 Å². The van der Waals surface area contributed by atoms with Crippen molar-refractivity contribution in [3.8, 4) is 0 Å². The average molecular weight is 296 g/mol. The van der Waals surface area contributed by atoms with Crippen molar-refractivity contribution in [2.45, 2.75) is 19.8 Å². The van der Waals surface area contributed by atoms with E-state index < -0.39 is 5.82 Å². The van der Waals surface area contributed by atoms with Crippen LogP contribution in [0.2, 0.25) is 5.02 Å². The zero-order valence-corrected chi connectivity index (χ0v) is 11.8. The highest BCUT2D eigenvalue weighted by atomic mass is 35.5. The largest absolute Gasteiger partial charge is 0.352 e. The summed E-state index contributed by atoms with van der Waals surface area (Å²) in [6.07, 6.45) is 3.44. The molecule has 4 nitrogen and oxygen atoms in total. The first kappa shape index (κ1) is 14.5. The normalized spacial score (nSPS) is 10.6. The van der Waals surface area contributed by atoms with E-state index in [9.17, 15) is 9.18 Å². The van der Waals surface area contributed by atoms with Crippen molar-refractivity contribution in [1.82, 2.24) is 15.5 Å². The number of carbonyl (C=O) groups excluding carboxylic acids is 1. The summed E-state index contributed by atoms with van der Waals surface area (Å²) in [6.45, 7) is 2.50. The smallest absolute Gasteiger partial charge is 0.251 e. The minimum absolute atomic E-state index is 0.0494. The number of hydrogen-bond acceptors (Lipinski definition) is 2. The molecular formula is C14H15ClFN3O. The molecule has 0 unspecified atom stereocenters. The molecule has 0 spiro atoms. The highest BCUT2D eigenvalue weighted by molar-refractivity contribution is 6.31. The zero-order valence-electron chi connectivity index (χ0n) is 11.0. The molecule has 0 aliphatic carbocycles. The highest BCUT2D eigenvalue weighted by Gasteiger charge is 2.08. The van der Waals surface area contributed by atoms with E-state index in [0.29, 0.717) is 12.1 Å². The van der Waals surface area contributed by atoms with E-state index in [-0.39, 0.29) is 10.9 Å². The van der Waals surface area contributed by atoms with Crippen molar-refractivity contribution in [1.29, 1.82) is 0 Å². The fourth-order valence-corrected chi connectivity index (χ4v) is 2.03. The molecule has 0 saturated heterocycles. The van der Waals surface area contributed by atoms with E-state index in [1.807, 2.05) is 6.92 Å². The molecule has 106 valence electrons. The van der Waals surface area contributed by atoms with Crippen LogP contribution in [0.15, 0.2) is 24.4 Å². The molecule has 1 aromatic heterocycles. The zero-order chi connectivity index (χ0) is 14.5. The molecule has 1 aromatic carbocycles. The van der Waals surface area contributed by atoms with E-state index in [4.69, 9.17) is 11.6 Å². The van der Waals surface area contributed by atoms with Crippen LogP contribution in [0, 0.1) is 12.7 Å². The molecule has 0 fully saturated rings. The molecule has 2 rings (SSSR count). The van der Waals surface area contributed by atoms with Crippen molar-refractivity contribution in [3.05, 3.63) is 52.1 Å². The van der Waals surface area contributed by atoms with Gasteiger partial charge in [0.1, 0.15) is 5.82 Å². The van der Waals surface area contributed by atoms with Crippen molar-refractivity contribution in [3.63, 3.8) is 0 Å². The lowest BCUT2D eigenvalue weighted by Crippen LogP contribution is -2.24. The van der Waals surface area contributed by atoms with E-state index in [0.717, 1.165) is 24.1 Å². The van der Waals surface area contributed by atoms with Crippen LogP contribution in [0.3, 0.4) is 0 Å². The van der Waals surface area contributed by atoms with Crippen LogP contribution >= 0.6 is 11.6 Å². The van der Waals surface area contributed by atoms with Gasteiger partial charge in [-0.3, -0.25) is 9.89 Å². The SMILES string of the molecule is Cc1[nH]ncc1CCCNC(=O)c1ccc(F)c(Cl)c1. The summed E-state index contributed by atoms with van der Waals surface area (Å²) in [7, 11) is 0. The predicted molar refractivity (Wildman–Crippen MR) is 75.4 cm³/mol. The molecule has 0 aliphatic rings. The van der Waals surface area contributed by atoms with Crippen LogP contribution in [-0.4, -0.2) is 22.6 Å². The van der Waals surface area contributed by atoms with Crippen molar-refractivity contribution < 1.29 is 9.18 Å². The van der Waals surface area contributed by atoms with Gasteiger partial charge in [0, 0.05) is 17.8 Å². The first-order chi connectivity index (χ1) is 9.58. The second kappa shape index (κ2) is 6.52. The van der Waals surface area contributed by atoms with Gasteiger partial charge >= 0.3 is 0 Å². The summed E-state index contributed by atoms with van der Waals surface area (Å²) in [6, 6.07) is 3.93. The Labute approximate surface area is 121 Å². The molecule has 0 bridgehead atoms. The molecule has 2 aromatic rings. The quantitative estimate of drug-likeness (QED) is 0.833. The van der Waals surface area contributed by atoms with Crippen molar-refractivity contribution in [2.75, 3.05) is 6.54 Å². The maximum Gasteiger partial charge on any atom is 0.251 e. The number of halogens is 2. The monoisotopic (exact) mass is 295 g/mol. The van der Waals surface area contributed by atoms with Crippen LogP contribution in [0.4, 0.5) is 4.39 Å². The fraction of sp³-hybridized carbons (Fsp3) is 0.286. The second-order valence-corrected chi connectivity index (χ2v) is 4.92. The Bertz CT molecular complexity index is 612. The number of hydrogen-bond donors (Lipinski definition) is 2. The minimum atomic E-state index is -0.529. The molecule has 0 aliphatic heterocycles. The summed E-state index contributed by atoms with van der Waals surface area (Å²) in [4.78, 5) is 11.8. The number of aromatic amines is 1. The number of aryl methyl sites for hydroxylation is 2. The predicted octanol–water partition coefficient (Wildman–Crippen LogP) is 2.87. The van der Waals surface area contributed by atoms with Gasteiger partial charge < -0.3 is 5.32 Å². The third-order valence-electron chi connectivity index (χ3n) is 3.02. The third-order valence-corrected chi connectivity index (χ3v) is 3.31. The van der Waals surface area contributed by atoms with Gasteiger partial charge in [-0.25, -0.2) is 4.39 Å². The lowest BCUT2D eigenvalue weighted by molar-refractivity contribution is 0.0953.